The number of hydrogen-bond donors (Lipinski definition) is 1. The molecule has 0 aliphatic carbocycles. The number of aromatic nitrogens is 1. The molecule has 19 heavy (non-hydrogen) atoms. The Morgan fingerprint density at radius 1 is 1.47 bits per heavy atom. The maximum atomic E-state index is 11.4. The summed E-state index contributed by atoms with van der Waals surface area (Å²) in [7, 11) is 1.38. The van der Waals surface area contributed by atoms with Crippen LogP contribution in [-0.4, -0.2) is 29.4 Å². The first-order valence-electron chi connectivity index (χ1n) is 6.10. The molecule has 1 N–H and O–H groups in total. The van der Waals surface area contributed by atoms with Crippen molar-refractivity contribution in [3.05, 3.63) is 35.0 Å². The number of ether oxygens (including phenoxy) is 1. The first kappa shape index (κ1) is 13.9. The highest BCUT2D eigenvalue weighted by Crippen LogP contribution is 2.25. The smallest absolute Gasteiger partial charge is 0.310 e. The summed E-state index contributed by atoms with van der Waals surface area (Å²) < 4.78 is 6.71. The van der Waals surface area contributed by atoms with Gasteiger partial charge in [0.05, 0.1) is 13.5 Å². The second-order valence-electron chi connectivity index (χ2n) is 4.34. The lowest BCUT2D eigenvalue weighted by molar-refractivity contribution is -0.139. The fourth-order valence-corrected chi connectivity index (χ4v) is 2.30. The van der Waals surface area contributed by atoms with Crippen molar-refractivity contribution in [3.63, 3.8) is 0 Å². The Hall–Kier alpha value is -1.52. The number of carbonyl (C=O) groups excluding carboxylic acids is 1. The minimum absolute atomic E-state index is 0.132. The number of fused-ring (bicyclic) bond motifs is 1. The van der Waals surface area contributed by atoms with Gasteiger partial charge in [-0.15, -0.1) is 0 Å². The second kappa shape index (κ2) is 6.08. The van der Waals surface area contributed by atoms with E-state index in [0.29, 0.717) is 18.0 Å². The maximum absolute atomic E-state index is 11.4. The Morgan fingerprint density at radius 2 is 2.26 bits per heavy atom. The predicted octanol–water partition coefficient (Wildman–Crippen LogP) is 2.39. The second-order valence-corrected chi connectivity index (χ2v) is 4.78. The summed E-state index contributed by atoms with van der Waals surface area (Å²) in [6, 6.07) is 5.58. The van der Waals surface area contributed by atoms with E-state index in [4.69, 9.17) is 21.4 Å². The Bertz CT molecular complexity index is 592. The molecule has 0 aliphatic heterocycles. The molecule has 102 valence electrons. The molecule has 0 saturated heterocycles. The molecule has 0 aliphatic rings. The average molecular weight is 282 g/mol. The van der Waals surface area contributed by atoms with Crippen molar-refractivity contribution in [3.8, 4) is 0 Å². The molecule has 2 aromatic rings. The quantitative estimate of drug-likeness (QED) is 0.856. The molecule has 0 fully saturated rings. The minimum Gasteiger partial charge on any atom is -0.469 e. The van der Waals surface area contributed by atoms with Crippen LogP contribution in [0.4, 0.5) is 0 Å². The van der Waals surface area contributed by atoms with Crippen molar-refractivity contribution in [2.24, 2.45) is 0 Å². The van der Waals surface area contributed by atoms with Crippen molar-refractivity contribution >= 4 is 28.5 Å². The molecule has 5 heteroatoms. The van der Waals surface area contributed by atoms with Gasteiger partial charge in [0.15, 0.2) is 0 Å². The van der Waals surface area contributed by atoms with E-state index >= 15 is 0 Å². The molecule has 0 unspecified atom stereocenters. The predicted molar refractivity (Wildman–Crippen MR) is 74.4 cm³/mol. The van der Waals surface area contributed by atoms with Gasteiger partial charge >= 0.3 is 5.97 Å². The van der Waals surface area contributed by atoms with E-state index < -0.39 is 0 Å². The molecule has 0 spiro atoms. The molecule has 4 nitrogen and oxygen atoms in total. The summed E-state index contributed by atoms with van der Waals surface area (Å²) in [5.74, 6) is -0.267. The number of aryl methyl sites for hydroxylation is 1. The van der Waals surface area contributed by atoms with Crippen LogP contribution in [0, 0.1) is 0 Å². The first-order valence-corrected chi connectivity index (χ1v) is 6.48. The molecule has 2 rings (SSSR count). The van der Waals surface area contributed by atoms with Crippen LogP contribution in [0.5, 0.6) is 0 Å². The van der Waals surface area contributed by atoms with Gasteiger partial charge in [-0.25, -0.2) is 0 Å². The van der Waals surface area contributed by atoms with Crippen LogP contribution < -0.4 is 0 Å². The molecule has 1 aromatic heterocycles. The number of nitrogens with zero attached hydrogens (tertiary/aromatic N) is 1. The van der Waals surface area contributed by atoms with Crippen LogP contribution in [0.3, 0.4) is 0 Å². The van der Waals surface area contributed by atoms with Crippen LogP contribution in [0.25, 0.3) is 10.9 Å². The molecular formula is C14H16ClNO3. The van der Waals surface area contributed by atoms with Gasteiger partial charge in [0.2, 0.25) is 0 Å². The fourth-order valence-electron chi connectivity index (χ4n) is 2.14. The van der Waals surface area contributed by atoms with E-state index in [1.807, 2.05) is 22.9 Å². The summed E-state index contributed by atoms with van der Waals surface area (Å²) in [5, 5.41) is 10.6. The van der Waals surface area contributed by atoms with E-state index in [0.717, 1.165) is 16.5 Å². The minimum atomic E-state index is -0.267. The molecule has 0 amide bonds. The lowest BCUT2D eigenvalue weighted by atomic mass is 10.1. The molecular weight excluding hydrogens is 266 g/mol. The number of esters is 1. The van der Waals surface area contributed by atoms with E-state index in [9.17, 15) is 4.79 Å². The topological polar surface area (TPSA) is 51.5 Å². The zero-order valence-corrected chi connectivity index (χ0v) is 11.5. The normalized spacial score (nSPS) is 10.9. The summed E-state index contributed by atoms with van der Waals surface area (Å²) in [5.41, 5.74) is 1.89. The van der Waals surface area contributed by atoms with E-state index in [2.05, 4.69) is 0 Å². The third kappa shape index (κ3) is 3.08. The molecule has 1 heterocycles. The molecule has 0 saturated carbocycles. The Kier molecular flexibility index (Phi) is 4.45. The SMILES string of the molecule is COC(=O)Cc1cn(CCCO)c2cc(Cl)ccc12. The van der Waals surface area contributed by atoms with E-state index in [1.54, 1.807) is 6.07 Å². The third-order valence-electron chi connectivity index (χ3n) is 3.05. The zero-order valence-electron chi connectivity index (χ0n) is 10.7. The highest BCUT2D eigenvalue weighted by atomic mass is 35.5. The molecule has 0 radical (unpaired) electrons. The van der Waals surface area contributed by atoms with Crippen molar-refractivity contribution in [1.29, 1.82) is 0 Å². The summed E-state index contributed by atoms with van der Waals surface area (Å²) >= 11 is 6.01. The lowest BCUT2D eigenvalue weighted by Gasteiger charge is -2.03. The standard InChI is InChI=1S/C14H16ClNO3/c1-19-14(18)7-10-9-16(5-2-6-17)13-8-11(15)3-4-12(10)13/h3-4,8-9,17H,2,5-7H2,1H3. The van der Waals surface area contributed by atoms with Crippen molar-refractivity contribution in [2.75, 3.05) is 13.7 Å². The largest absolute Gasteiger partial charge is 0.469 e. The summed E-state index contributed by atoms with van der Waals surface area (Å²) in [4.78, 5) is 11.4. The van der Waals surface area contributed by atoms with Crippen LogP contribution in [-0.2, 0) is 22.5 Å². The van der Waals surface area contributed by atoms with Crippen LogP contribution in [0.1, 0.15) is 12.0 Å². The maximum Gasteiger partial charge on any atom is 0.310 e. The number of aliphatic hydroxyl groups excluding tert-OH is 1. The highest BCUT2D eigenvalue weighted by molar-refractivity contribution is 6.31. The Morgan fingerprint density at radius 3 is 2.95 bits per heavy atom. The van der Waals surface area contributed by atoms with Gasteiger partial charge in [0.25, 0.3) is 0 Å². The van der Waals surface area contributed by atoms with Gasteiger partial charge in [0, 0.05) is 35.3 Å². The number of hydrogen-bond acceptors (Lipinski definition) is 3. The number of rotatable bonds is 5. The number of carbonyl (C=O) groups is 1. The molecule has 0 atom stereocenters. The Labute approximate surface area is 116 Å². The highest BCUT2D eigenvalue weighted by Gasteiger charge is 2.12. The van der Waals surface area contributed by atoms with Gasteiger partial charge in [-0.05, 0) is 24.1 Å². The lowest BCUT2D eigenvalue weighted by Crippen LogP contribution is -2.04. The van der Waals surface area contributed by atoms with Gasteiger partial charge in [0.1, 0.15) is 0 Å². The molecule has 0 bridgehead atoms. The summed E-state index contributed by atoms with van der Waals surface area (Å²) in [6.45, 7) is 0.821. The van der Waals surface area contributed by atoms with Crippen LogP contribution in [0.15, 0.2) is 24.4 Å². The van der Waals surface area contributed by atoms with Crippen LogP contribution in [0.2, 0.25) is 5.02 Å². The Balaban J connectivity index is 2.43. The van der Waals surface area contributed by atoms with Crippen molar-refractivity contribution in [2.45, 2.75) is 19.4 Å². The fraction of sp³-hybridized carbons (Fsp3) is 0.357. The molecule has 1 aromatic carbocycles. The third-order valence-corrected chi connectivity index (χ3v) is 3.28. The summed E-state index contributed by atoms with van der Waals surface area (Å²) in [6.07, 6.45) is 2.82. The number of benzene rings is 1. The van der Waals surface area contributed by atoms with Gasteiger partial charge in [-0.1, -0.05) is 17.7 Å². The van der Waals surface area contributed by atoms with Gasteiger partial charge in [-0.2, -0.15) is 0 Å². The monoisotopic (exact) mass is 281 g/mol. The van der Waals surface area contributed by atoms with Gasteiger partial charge < -0.3 is 14.4 Å². The van der Waals surface area contributed by atoms with Crippen LogP contribution >= 0.6 is 11.6 Å². The van der Waals surface area contributed by atoms with E-state index in [-0.39, 0.29) is 19.0 Å². The number of halogens is 1. The van der Waals surface area contributed by atoms with E-state index in [1.165, 1.54) is 7.11 Å². The first-order chi connectivity index (χ1) is 9.15. The average Bonchev–Trinajstić information content (AvgIpc) is 2.73. The number of aliphatic hydroxyl groups is 1. The number of methoxy groups -OCH3 is 1. The van der Waals surface area contributed by atoms with Crippen molar-refractivity contribution in [1.82, 2.24) is 4.57 Å². The zero-order chi connectivity index (χ0) is 13.8. The van der Waals surface area contributed by atoms with Crippen molar-refractivity contribution < 1.29 is 14.6 Å². The van der Waals surface area contributed by atoms with Gasteiger partial charge in [-0.3, -0.25) is 4.79 Å².